The van der Waals surface area contributed by atoms with Crippen LogP contribution in [0.3, 0.4) is 0 Å². The summed E-state index contributed by atoms with van der Waals surface area (Å²) in [5, 5.41) is 10.2. The molecule has 0 saturated carbocycles. The Morgan fingerprint density at radius 1 is 1.26 bits per heavy atom. The van der Waals surface area contributed by atoms with Crippen molar-refractivity contribution >= 4 is 0 Å². The van der Waals surface area contributed by atoms with Crippen LogP contribution in [0.2, 0.25) is 0 Å². The molecule has 2 atom stereocenters. The van der Waals surface area contributed by atoms with Crippen LogP contribution in [0.25, 0.3) is 0 Å². The summed E-state index contributed by atoms with van der Waals surface area (Å²) in [7, 11) is 0. The highest BCUT2D eigenvalue weighted by Crippen LogP contribution is 2.34. The first-order valence-corrected chi connectivity index (χ1v) is 7.04. The van der Waals surface area contributed by atoms with Crippen LogP contribution in [0.5, 0.6) is 11.5 Å². The number of ether oxygens (including phenoxy) is 2. The van der Waals surface area contributed by atoms with Crippen LogP contribution in [-0.2, 0) is 0 Å². The molecule has 0 saturated heterocycles. The molecule has 0 aliphatic carbocycles. The number of rotatable bonds is 6. The van der Waals surface area contributed by atoms with E-state index in [0.717, 1.165) is 36.3 Å². The van der Waals surface area contributed by atoms with Gasteiger partial charge in [-0.15, -0.1) is 0 Å². The zero-order chi connectivity index (χ0) is 13.7. The van der Waals surface area contributed by atoms with Crippen molar-refractivity contribution in [3.8, 4) is 11.5 Å². The van der Waals surface area contributed by atoms with E-state index in [-0.39, 0.29) is 5.92 Å². The minimum atomic E-state index is -0.396. The maximum atomic E-state index is 10.2. The third-order valence-electron chi connectivity index (χ3n) is 3.57. The van der Waals surface area contributed by atoms with E-state index >= 15 is 0 Å². The standard InChI is InChI=1S/C15H23NO3/c1-2-3-4-13(17)12(10-16)11-5-6-14-15(9-11)19-8-7-18-14/h5-6,9,12-13,17H,2-4,7-8,10,16H2,1H3. The summed E-state index contributed by atoms with van der Waals surface area (Å²) < 4.78 is 11.1. The molecule has 0 aromatic heterocycles. The van der Waals surface area contributed by atoms with Gasteiger partial charge in [-0.2, -0.15) is 0 Å². The van der Waals surface area contributed by atoms with E-state index in [1.54, 1.807) is 0 Å². The molecule has 0 bridgehead atoms. The summed E-state index contributed by atoms with van der Waals surface area (Å²) in [6.45, 7) is 3.71. The van der Waals surface area contributed by atoms with Gasteiger partial charge in [0.25, 0.3) is 0 Å². The fourth-order valence-corrected chi connectivity index (χ4v) is 2.42. The number of benzene rings is 1. The Morgan fingerprint density at radius 2 is 2.00 bits per heavy atom. The lowest BCUT2D eigenvalue weighted by molar-refractivity contribution is 0.132. The lowest BCUT2D eigenvalue weighted by atomic mass is 9.90. The van der Waals surface area contributed by atoms with Crippen LogP contribution < -0.4 is 15.2 Å². The second-order valence-electron chi connectivity index (χ2n) is 4.95. The fourth-order valence-electron chi connectivity index (χ4n) is 2.42. The first kappa shape index (κ1) is 14.2. The maximum Gasteiger partial charge on any atom is 0.161 e. The van der Waals surface area contributed by atoms with Gasteiger partial charge < -0.3 is 20.3 Å². The molecule has 3 N–H and O–H groups in total. The normalized spacial score (nSPS) is 17.0. The molecule has 1 heterocycles. The Morgan fingerprint density at radius 3 is 2.68 bits per heavy atom. The Labute approximate surface area is 114 Å². The lowest BCUT2D eigenvalue weighted by Gasteiger charge is -2.24. The van der Waals surface area contributed by atoms with Crippen LogP contribution in [0, 0.1) is 0 Å². The molecule has 19 heavy (non-hydrogen) atoms. The number of unbranched alkanes of at least 4 members (excludes halogenated alkanes) is 1. The Kier molecular flexibility index (Phi) is 5.05. The zero-order valence-corrected chi connectivity index (χ0v) is 11.5. The molecular weight excluding hydrogens is 242 g/mol. The summed E-state index contributed by atoms with van der Waals surface area (Å²) in [6, 6.07) is 5.82. The smallest absolute Gasteiger partial charge is 0.161 e. The number of aliphatic hydroxyl groups excluding tert-OH is 1. The predicted octanol–water partition coefficient (Wildman–Crippen LogP) is 2.05. The highest BCUT2D eigenvalue weighted by molar-refractivity contribution is 5.45. The molecule has 106 valence electrons. The molecule has 4 nitrogen and oxygen atoms in total. The summed E-state index contributed by atoms with van der Waals surface area (Å²) in [5.74, 6) is 1.49. The van der Waals surface area contributed by atoms with Crippen molar-refractivity contribution in [1.29, 1.82) is 0 Å². The topological polar surface area (TPSA) is 64.7 Å². The highest BCUT2D eigenvalue weighted by Gasteiger charge is 2.21. The summed E-state index contributed by atoms with van der Waals surface area (Å²) >= 11 is 0. The molecule has 0 fully saturated rings. The van der Waals surface area contributed by atoms with Crippen LogP contribution in [0.4, 0.5) is 0 Å². The van der Waals surface area contributed by atoms with Gasteiger partial charge in [0.1, 0.15) is 13.2 Å². The summed E-state index contributed by atoms with van der Waals surface area (Å²) in [6.07, 6.45) is 2.48. The third-order valence-corrected chi connectivity index (χ3v) is 3.57. The van der Waals surface area contributed by atoms with Crippen molar-refractivity contribution in [3.05, 3.63) is 23.8 Å². The Balaban J connectivity index is 2.13. The fraction of sp³-hybridized carbons (Fsp3) is 0.600. The molecule has 1 aromatic rings. The molecule has 2 unspecified atom stereocenters. The second kappa shape index (κ2) is 6.78. The maximum absolute atomic E-state index is 10.2. The molecule has 0 amide bonds. The van der Waals surface area contributed by atoms with E-state index in [1.165, 1.54) is 0 Å². The van der Waals surface area contributed by atoms with Crippen LogP contribution >= 0.6 is 0 Å². The summed E-state index contributed by atoms with van der Waals surface area (Å²) in [4.78, 5) is 0. The van der Waals surface area contributed by atoms with Crippen molar-refractivity contribution in [2.24, 2.45) is 5.73 Å². The van der Waals surface area contributed by atoms with Gasteiger partial charge in [0.05, 0.1) is 6.10 Å². The molecular formula is C15H23NO3. The van der Waals surface area contributed by atoms with Gasteiger partial charge >= 0.3 is 0 Å². The lowest BCUT2D eigenvalue weighted by Crippen LogP contribution is -2.26. The van der Waals surface area contributed by atoms with Crippen LogP contribution in [-0.4, -0.2) is 31.0 Å². The van der Waals surface area contributed by atoms with Crippen molar-refractivity contribution in [3.63, 3.8) is 0 Å². The van der Waals surface area contributed by atoms with Gasteiger partial charge in [-0.05, 0) is 24.1 Å². The van der Waals surface area contributed by atoms with Crippen molar-refractivity contribution in [1.82, 2.24) is 0 Å². The SMILES string of the molecule is CCCCC(O)C(CN)c1ccc2c(c1)OCCO2. The average Bonchev–Trinajstić information content (AvgIpc) is 2.45. The Hall–Kier alpha value is -1.26. The monoisotopic (exact) mass is 265 g/mol. The third kappa shape index (κ3) is 3.39. The van der Waals surface area contributed by atoms with E-state index in [2.05, 4.69) is 6.92 Å². The largest absolute Gasteiger partial charge is 0.486 e. The predicted molar refractivity (Wildman–Crippen MR) is 74.8 cm³/mol. The van der Waals surface area contributed by atoms with Gasteiger partial charge in [-0.3, -0.25) is 0 Å². The van der Waals surface area contributed by atoms with Crippen LogP contribution in [0.1, 0.15) is 37.7 Å². The number of hydrogen-bond acceptors (Lipinski definition) is 4. The molecule has 0 radical (unpaired) electrons. The van der Waals surface area contributed by atoms with Crippen molar-refractivity contribution in [2.75, 3.05) is 19.8 Å². The molecule has 1 aliphatic rings. The minimum Gasteiger partial charge on any atom is -0.486 e. The van der Waals surface area contributed by atoms with Gasteiger partial charge in [0, 0.05) is 12.5 Å². The van der Waals surface area contributed by atoms with Gasteiger partial charge in [-0.1, -0.05) is 25.8 Å². The van der Waals surface area contributed by atoms with Crippen molar-refractivity contribution in [2.45, 2.75) is 38.2 Å². The first-order valence-electron chi connectivity index (χ1n) is 7.04. The first-order chi connectivity index (χ1) is 9.26. The number of nitrogens with two attached hydrogens (primary N) is 1. The van der Waals surface area contributed by atoms with Gasteiger partial charge in [0.15, 0.2) is 11.5 Å². The number of fused-ring (bicyclic) bond motifs is 1. The van der Waals surface area contributed by atoms with E-state index in [1.807, 2.05) is 18.2 Å². The number of aliphatic hydroxyl groups is 1. The molecule has 4 heteroatoms. The minimum absolute atomic E-state index is 0.0395. The number of hydrogen-bond donors (Lipinski definition) is 2. The van der Waals surface area contributed by atoms with E-state index in [9.17, 15) is 5.11 Å². The second-order valence-corrected chi connectivity index (χ2v) is 4.95. The Bertz CT molecular complexity index is 408. The van der Waals surface area contributed by atoms with E-state index in [0.29, 0.717) is 19.8 Å². The highest BCUT2D eigenvalue weighted by atomic mass is 16.6. The van der Waals surface area contributed by atoms with E-state index < -0.39 is 6.10 Å². The quantitative estimate of drug-likeness (QED) is 0.826. The van der Waals surface area contributed by atoms with Gasteiger partial charge in [-0.25, -0.2) is 0 Å². The zero-order valence-electron chi connectivity index (χ0n) is 11.5. The van der Waals surface area contributed by atoms with Crippen molar-refractivity contribution < 1.29 is 14.6 Å². The average molecular weight is 265 g/mol. The van der Waals surface area contributed by atoms with Gasteiger partial charge in [0.2, 0.25) is 0 Å². The molecule has 1 aromatic carbocycles. The molecule has 0 spiro atoms. The molecule has 2 rings (SSSR count). The summed E-state index contributed by atoms with van der Waals surface area (Å²) in [5.41, 5.74) is 6.84. The molecule has 1 aliphatic heterocycles. The van der Waals surface area contributed by atoms with Crippen LogP contribution in [0.15, 0.2) is 18.2 Å². The van der Waals surface area contributed by atoms with E-state index in [4.69, 9.17) is 15.2 Å².